The summed E-state index contributed by atoms with van der Waals surface area (Å²) in [6.45, 7) is -1.40. The number of ether oxygens (including phenoxy) is 1. The van der Waals surface area contributed by atoms with E-state index in [1.54, 1.807) is 18.2 Å². The highest BCUT2D eigenvalue weighted by Crippen LogP contribution is 2.37. The Hall–Kier alpha value is -1.94. The molecule has 0 bridgehead atoms. The minimum atomic E-state index is -4.52. The van der Waals surface area contributed by atoms with Crippen LogP contribution in [0.5, 0.6) is 5.75 Å². The normalized spacial score (nSPS) is 16.9. The molecule has 0 aliphatic carbocycles. The number of nitrogens with zero attached hydrogens (tertiary/aromatic N) is 2. The number of nitriles is 1. The lowest BCUT2D eigenvalue weighted by Gasteiger charge is -2.31. The summed E-state index contributed by atoms with van der Waals surface area (Å²) in [6.07, 6.45) is -4.41. The van der Waals surface area contributed by atoms with Gasteiger partial charge in [0.1, 0.15) is 12.3 Å². The Morgan fingerprint density at radius 2 is 2.22 bits per heavy atom. The Morgan fingerprint density at radius 1 is 1.48 bits per heavy atom. The van der Waals surface area contributed by atoms with E-state index in [4.69, 9.17) is 21.6 Å². The molecule has 23 heavy (non-hydrogen) atoms. The molecule has 2 rings (SSSR count). The summed E-state index contributed by atoms with van der Waals surface area (Å²) in [5, 5.41) is 8.97. The quantitative estimate of drug-likeness (QED) is 0.838. The van der Waals surface area contributed by atoms with Gasteiger partial charge in [-0.05, 0) is 24.6 Å². The maximum atomic E-state index is 12.7. The first-order valence-corrected chi connectivity index (χ1v) is 7.34. The van der Waals surface area contributed by atoms with Gasteiger partial charge in [-0.2, -0.15) is 18.4 Å². The number of benzene rings is 1. The zero-order valence-corrected chi connectivity index (χ0v) is 12.8. The Bertz CT molecular complexity index is 628. The van der Waals surface area contributed by atoms with Gasteiger partial charge in [0.05, 0.1) is 25.0 Å². The lowest BCUT2D eigenvalue weighted by molar-refractivity contribution is -0.162. The first kappa shape index (κ1) is 17.4. The predicted molar refractivity (Wildman–Crippen MR) is 77.2 cm³/mol. The van der Waals surface area contributed by atoms with Crippen LogP contribution in [0.2, 0.25) is 5.02 Å². The van der Waals surface area contributed by atoms with E-state index in [1.165, 1.54) is 6.07 Å². The van der Waals surface area contributed by atoms with Gasteiger partial charge < -0.3 is 9.64 Å². The highest BCUT2D eigenvalue weighted by molar-refractivity contribution is 6.30. The molecule has 4 nitrogen and oxygen atoms in total. The zero-order chi connectivity index (χ0) is 17.0. The molecule has 0 unspecified atom stereocenters. The molecule has 1 aromatic rings. The van der Waals surface area contributed by atoms with Crippen molar-refractivity contribution in [1.29, 1.82) is 5.26 Å². The molecule has 1 amide bonds. The van der Waals surface area contributed by atoms with Crippen molar-refractivity contribution in [2.75, 3.05) is 19.7 Å². The molecule has 0 saturated heterocycles. The monoisotopic (exact) mass is 346 g/mol. The van der Waals surface area contributed by atoms with Crippen molar-refractivity contribution in [3.05, 3.63) is 28.8 Å². The van der Waals surface area contributed by atoms with Crippen LogP contribution in [0.25, 0.3) is 0 Å². The van der Waals surface area contributed by atoms with E-state index in [0.717, 1.165) is 0 Å². The average Bonchev–Trinajstić information content (AvgIpc) is 2.49. The highest BCUT2D eigenvalue weighted by Gasteiger charge is 2.37. The lowest BCUT2D eigenvalue weighted by Crippen LogP contribution is -2.43. The van der Waals surface area contributed by atoms with E-state index in [2.05, 4.69) is 0 Å². The number of amides is 1. The Labute approximate surface area is 136 Å². The van der Waals surface area contributed by atoms with Crippen molar-refractivity contribution in [3.63, 3.8) is 0 Å². The topological polar surface area (TPSA) is 53.3 Å². The molecule has 1 atom stereocenters. The molecule has 0 saturated carbocycles. The number of hydrogen-bond acceptors (Lipinski definition) is 3. The number of alkyl halides is 3. The molecule has 124 valence electrons. The summed E-state index contributed by atoms with van der Waals surface area (Å²) in [5.74, 6) is -0.964. The van der Waals surface area contributed by atoms with Gasteiger partial charge in [-0.25, -0.2) is 0 Å². The minimum absolute atomic E-state index is 0.159. The van der Waals surface area contributed by atoms with Crippen molar-refractivity contribution >= 4 is 17.5 Å². The first-order chi connectivity index (χ1) is 10.8. The van der Waals surface area contributed by atoms with Gasteiger partial charge in [0.25, 0.3) is 0 Å². The molecule has 1 aliphatic heterocycles. The Kier molecular flexibility index (Phi) is 5.37. The van der Waals surface area contributed by atoms with Crippen LogP contribution >= 0.6 is 11.6 Å². The van der Waals surface area contributed by atoms with Crippen LogP contribution in [-0.4, -0.2) is 36.7 Å². The van der Waals surface area contributed by atoms with Gasteiger partial charge in [-0.3, -0.25) is 4.79 Å². The summed E-state index contributed by atoms with van der Waals surface area (Å²) in [4.78, 5) is 13.3. The zero-order valence-electron chi connectivity index (χ0n) is 12.1. The molecule has 8 heteroatoms. The third kappa shape index (κ3) is 4.52. The Balaban J connectivity index is 2.27. The molecule has 1 aliphatic rings. The molecule has 1 heterocycles. The van der Waals surface area contributed by atoms with Crippen molar-refractivity contribution in [3.8, 4) is 11.8 Å². The second-order valence-electron chi connectivity index (χ2n) is 5.15. The van der Waals surface area contributed by atoms with Gasteiger partial charge in [-0.1, -0.05) is 11.6 Å². The smallest absolute Gasteiger partial charge is 0.406 e. The third-order valence-corrected chi connectivity index (χ3v) is 3.72. The van der Waals surface area contributed by atoms with E-state index in [1.807, 2.05) is 0 Å². The fourth-order valence-corrected chi connectivity index (χ4v) is 2.69. The van der Waals surface area contributed by atoms with Crippen molar-refractivity contribution < 1.29 is 22.7 Å². The van der Waals surface area contributed by atoms with E-state index in [0.29, 0.717) is 21.2 Å². The third-order valence-electron chi connectivity index (χ3n) is 3.48. The van der Waals surface area contributed by atoms with E-state index >= 15 is 0 Å². The molecule has 0 radical (unpaired) electrons. The standard InChI is InChI=1S/C15H14ClF3N2O2/c16-10-2-3-13-12(8-10)11(4-7-23-13)14(22)21(6-1-5-20)9-15(17,18)19/h2-3,8,11H,1,4,6-7,9H2/t11-/m1/s1. The number of carbonyl (C=O) groups excluding carboxylic acids is 1. The number of hydrogen-bond donors (Lipinski definition) is 0. The molecule has 0 fully saturated rings. The van der Waals surface area contributed by atoms with Gasteiger partial charge >= 0.3 is 6.18 Å². The second-order valence-corrected chi connectivity index (χ2v) is 5.59. The van der Waals surface area contributed by atoms with Crippen LogP contribution in [0.4, 0.5) is 13.2 Å². The van der Waals surface area contributed by atoms with Crippen LogP contribution < -0.4 is 4.74 Å². The van der Waals surface area contributed by atoms with Crippen LogP contribution in [0.1, 0.15) is 24.3 Å². The highest BCUT2D eigenvalue weighted by atomic mass is 35.5. The Morgan fingerprint density at radius 3 is 2.87 bits per heavy atom. The van der Waals surface area contributed by atoms with Crippen LogP contribution in [0.3, 0.4) is 0 Å². The molecule has 1 aromatic carbocycles. The summed E-state index contributed by atoms with van der Waals surface area (Å²) >= 11 is 5.91. The second kappa shape index (κ2) is 7.09. The van der Waals surface area contributed by atoms with Crippen molar-refractivity contribution in [1.82, 2.24) is 4.90 Å². The largest absolute Gasteiger partial charge is 0.493 e. The first-order valence-electron chi connectivity index (χ1n) is 6.96. The number of fused-ring (bicyclic) bond motifs is 1. The number of carbonyl (C=O) groups is 1. The summed E-state index contributed by atoms with van der Waals surface area (Å²) < 4.78 is 43.5. The maximum Gasteiger partial charge on any atom is 0.406 e. The molecule has 0 aromatic heterocycles. The van der Waals surface area contributed by atoms with E-state index in [9.17, 15) is 18.0 Å². The van der Waals surface area contributed by atoms with E-state index < -0.39 is 24.5 Å². The fraction of sp³-hybridized carbons (Fsp3) is 0.467. The molecular weight excluding hydrogens is 333 g/mol. The number of rotatable bonds is 4. The van der Waals surface area contributed by atoms with Crippen LogP contribution in [0, 0.1) is 11.3 Å². The average molecular weight is 347 g/mol. The van der Waals surface area contributed by atoms with Crippen molar-refractivity contribution in [2.24, 2.45) is 0 Å². The van der Waals surface area contributed by atoms with Gasteiger partial charge in [0.15, 0.2) is 0 Å². The maximum absolute atomic E-state index is 12.7. The van der Waals surface area contributed by atoms with E-state index in [-0.39, 0.29) is 26.0 Å². The summed E-state index contributed by atoms with van der Waals surface area (Å²) in [7, 11) is 0. The fourth-order valence-electron chi connectivity index (χ4n) is 2.51. The molecular formula is C15H14ClF3N2O2. The van der Waals surface area contributed by atoms with Crippen LogP contribution in [-0.2, 0) is 4.79 Å². The van der Waals surface area contributed by atoms with Gasteiger partial charge in [0.2, 0.25) is 5.91 Å². The SMILES string of the molecule is N#CCCN(CC(F)(F)F)C(=O)[C@@H]1CCOc2ccc(Cl)cc21. The summed E-state index contributed by atoms with van der Waals surface area (Å²) in [5.41, 5.74) is 0.484. The minimum Gasteiger partial charge on any atom is -0.493 e. The van der Waals surface area contributed by atoms with Gasteiger partial charge in [-0.15, -0.1) is 0 Å². The summed E-state index contributed by atoms with van der Waals surface area (Å²) in [6, 6.07) is 6.49. The predicted octanol–water partition coefficient (Wildman–Crippen LogP) is 3.51. The molecule has 0 N–H and O–H groups in total. The molecule has 0 spiro atoms. The lowest BCUT2D eigenvalue weighted by atomic mass is 9.91. The van der Waals surface area contributed by atoms with Crippen molar-refractivity contribution in [2.45, 2.75) is 24.9 Å². The van der Waals surface area contributed by atoms with Gasteiger partial charge in [0, 0.05) is 17.1 Å². The number of halogens is 4. The van der Waals surface area contributed by atoms with Crippen LogP contribution in [0.15, 0.2) is 18.2 Å².